The zero-order valence-corrected chi connectivity index (χ0v) is 20.8. The number of thiophene rings is 1. The van der Waals surface area contributed by atoms with Crippen molar-refractivity contribution in [2.45, 2.75) is 19.8 Å². The lowest BCUT2D eigenvalue weighted by Gasteiger charge is -2.27. The molecule has 0 spiro atoms. The minimum atomic E-state index is -0.0893. The number of benzene rings is 2. The molecule has 1 aliphatic rings. The first kappa shape index (κ1) is 24.0. The van der Waals surface area contributed by atoms with Crippen LogP contribution in [0.1, 0.15) is 27.9 Å². The summed E-state index contributed by atoms with van der Waals surface area (Å²) in [5.41, 5.74) is 4.78. The number of morpholine rings is 1. The van der Waals surface area contributed by atoms with E-state index in [9.17, 15) is 9.59 Å². The van der Waals surface area contributed by atoms with Crippen molar-refractivity contribution in [2.24, 2.45) is 0 Å². The van der Waals surface area contributed by atoms with Crippen molar-refractivity contribution in [3.05, 3.63) is 71.3 Å². The summed E-state index contributed by atoms with van der Waals surface area (Å²) >= 11 is 1.47. The van der Waals surface area contributed by atoms with Gasteiger partial charge >= 0.3 is 0 Å². The van der Waals surface area contributed by atoms with Crippen LogP contribution in [0.5, 0.6) is 0 Å². The van der Waals surface area contributed by atoms with E-state index in [0.717, 1.165) is 27.3 Å². The molecule has 1 aromatic heterocycles. The fourth-order valence-corrected chi connectivity index (χ4v) is 5.28. The largest absolute Gasteiger partial charge is 0.378 e. The first-order valence-corrected chi connectivity index (χ1v) is 12.4. The zero-order chi connectivity index (χ0) is 24.1. The van der Waals surface area contributed by atoms with E-state index in [2.05, 4.69) is 29.6 Å². The molecule has 3 aromatic rings. The molecule has 6 nitrogen and oxygen atoms in total. The normalized spacial score (nSPS) is 13.6. The van der Waals surface area contributed by atoms with Crippen molar-refractivity contribution < 1.29 is 14.3 Å². The van der Waals surface area contributed by atoms with E-state index < -0.39 is 0 Å². The molecule has 0 unspecified atom stereocenters. The third-order valence-electron chi connectivity index (χ3n) is 6.04. The predicted molar refractivity (Wildman–Crippen MR) is 139 cm³/mol. The molecule has 4 rings (SSSR count). The highest BCUT2D eigenvalue weighted by atomic mass is 32.1. The molecule has 1 saturated heterocycles. The van der Waals surface area contributed by atoms with Crippen LogP contribution in [0.4, 0.5) is 10.7 Å². The Morgan fingerprint density at radius 2 is 1.71 bits per heavy atom. The topological polar surface area (TPSA) is 61.9 Å². The van der Waals surface area contributed by atoms with E-state index in [-0.39, 0.29) is 11.8 Å². The number of rotatable bonds is 7. The molecule has 0 atom stereocenters. The van der Waals surface area contributed by atoms with Crippen molar-refractivity contribution in [1.29, 1.82) is 0 Å². The van der Waals surface area contributed by atoms with Crippen LogP contribution in [-0.2, 0) is 16.0 Å². The lowest BCUT2D eigenvalue weighted by atomic mass is 10.1. The Labute approximate surface area is 205 Å². The molecule has 0 radical (unpaired) electrons. The van der Waals surface area contributed by atoms with Gasteiger partial charge in [0.05, 0.1) is 18.8 Å². The Bertz CT molecular complexity index is 1130. The van der Waals surface area contributed by atoms with Gasteiger partial charge in [0.15, 0.2) is 0 Å². The van der Waals surface area contributed by atoms with Gasteiger partial charge in [0.25, 0.3) is 5.91 Å². The Morgan fingerprint density at radius 1 is 1.03 bits per heavy atom. The molecule has 1 aliphatic heterocycles. The Kier molecular flexibility index (Phi) is 7.65. The molecule has 2 aromatic carbocycles. The molecule has 0 bridgehead atoms. The molecular formula is C27H31N3O3S. The van der Waals surface area contributed by atoms with Gasteiger partial charge in [-0.25, -0.2) is 0 Å². The van der Waals surface area contributed by atoms with Crippen molar-refractivity contribution in [3.63, 3.8) is 0 Å². The molecule has 2 heterocycles. The van der Waals surface area contributed by atoms with Gasteiger partial charge in [0, 0.05) is 44.2 Å². The third kappa shape index (κ3) is 5.48. The molecule has 34 heavy (non-hydrogen) atoms. The highest BCUT2D eigenvalue weighted by Crippen LogP contribution is 2.40. The number of anilines is 2. The first-order chi connectivity index (χ1) is 16.4. The summed E-state index contributed by atoms with van der Waals surface area (Å²) in [6.07, 6.45) is 0.992. The van der Waals surface area contributed by atoms with Gasteiger partial charge < -0.3 is 19.9 Å². The van der Waals surface area contributed by atoms with Crippen molar-refractivity contribution in [1.82, 2.24) is 4.90 Å². The highest BCUT2D eigenvalue weighted by molar-refractivity contribution is 7.20. The van der Waals surface area contributed by atoms with Gasteiger partial charge in [-0.2, -0.15) is 0 Å². The van der Waals surface area contributed by atoms with E-state index in [1.165, 1.54) is 11.3 Å². The quantitative estimate of drug-likeness (QED) is 0.529. The minimum Gasteiger partial charge on any atom is -0.378 e. The molecule has 1 N–H and O–H groups in total. The molecule has 7 heteroatoms. The predicted octanol–water partition coefficient (Wildman–Crippen LogP) is 4.83. The Balaban J connectivity index is 1.54. The number of amides is 2. The second kappa shape index (κ2) is 10.8. The van der Waals surface area contributed by atoms with Crippen LogP contribution < -0.4 is 10.2 Å². The standard InChI is InChI=1S/C27H31N3O3S/c1-19-24(27(32)30-15-17-33-18-16-30)26(34-25(19)21-7-5-4-6-8-21)28-23(31)14-11-20-9-12-22(13-10-20)29(2)3/h4-10,12-13H,11,14-18H2,1-3H3,(H,28,31). The number of hydrogen-bond donors (Lipinski definition) is 1. The van der Waals surface area contributed by atoms with E-state index in [4.69, 9.17) is 4.74 Å². The highest BCUT2D eigenvalue weighted by Gasteiger charge is 2.27. The minimum absolute atomic E-state index is 0.0474. The number of nitrogens with one attached hydrogen (secondary N) is 1. The van der Waals surface area contributed by atoms with Crippen LogP contribution in [0, 0.1) is 6.92 Å². The number of nitrogens with zero attached hydrogens (tertiary/aromatic N) is 2. The molecule has 178 valence electrons. The Hall–Kier alpha value is -3.16. The number of carbonyl (C=O) groups is 2. The summed E-state index contributed by atoms with van der Waals surface area (Å²) in [5, 5.41) is 3.68. The molecule has 2 amide bonds. The molecule has 0 saturated carbocycles. The number of hydrogen-bond acceptors (Lipinski definition) is 5. The summed E-state index contributed by atoms with van der Waals surface area (Å²) in [4.78, 5) is 31.2. The van der Waals surface area contributed by atoms with Gasteiger partial charge in [-0.15, -0.1) is 11.3 Å². The summed E-state index contributed by atoms with van der Waals surface area (Å²) in [5.74, 6) is -0.137. The second-order valence-electron chi connectivity index (χ2n) is 8.64. The van der Waals surface area contributed by atoms with Gasteiger partial charge in [-0.3, -0.25) is 9.59 Å². The van der Waals surface area contributed by atoms with E-state index in [1.54, 1.807) is 0 Å². The molecule has 0 aliphatic carbocycles. The van der Waals surface area contributed by atoms with Crippen molar-refractivity contribution in [3.8, 4) is 10.4 Å². The van der Waals surface area contributed by atoms with E-state index in [1.807, 2.05) is 61.2 Å². The van der Waals surface area contributed by atoms with E-state index >= 15 is 0 Å². The lowest BCUT2D eigenvalue weighted by molar-refractivity contribution is -0.116. The van der Waals surface area contributed by atoms with Crippen LogP contribution in [0.2, 0.25) is 0 Å². The SMILES string of the molecule is Cc1c(-c2ccccc2)sc(NC(=O)CCc2ccc(N(C)C)cc2)c1C(=O)N1CCOCC1. The smallest absolute Gasteiger partial charge is 0.257 e. The fraction of sp³-hybridized carbons (Fsp3) is 0.333. The van der Waals surface area contributed by atoms with Gasteiger partial charge in [-0.05, 0) is 42.2 Å². The maximum absolute atomic E-state index is 13.5. The van der Waals surface area contributed by atoms with Crippen molar-refractivity contribution >= 4 is 33.8 Å². The second-order valence-corrected chi connectivity index (χ2v) is 9.66. The molecular weight excluding hydrogens is 446 g/mol. The average Bonchev–Trinajstić information content (AvgIpc) is 3.19. The monoisotopic (exact) mass is 477 g/mol. The van der Waals surface area contributed by atoms with Crippen LogP contribution >= 0.6 is 11.3 Å². The zero-order valence-electron chi connectivity index (χ0n) is 20.0. The number of carbonyl (C=O) groups excluding carboxylic acids is 2. The average molecular weight is 478 g/mol. The third-order valence-corrected chi connectivity index (χ3v) is 7.30. The number of aryl methyl sites for hydroxylation is 1. The molecule has 1 fully saturated rings. The summed E-state index contributed by atoms with van der Waals surface area (Å²) in [6, 6.07) is 18.2. The van der Waals surface area contributed by atoms with Crippen molar-refractivity contribution in [2.75, 3.05) is 50.6 Å². The van der Waals surface area contributed by atoms with Crippen LogP contribution in [0.3, 0.4) is 0 Å². The van der Waals surface area contributed by atoms with Crippen LogP contribution in [-0.4, -0.2) is 57.1 Å². The maximum atomic E-state index is 13.5. The fourth-order valence-electron chi connectivity index (χ4n) is 4.06. The summed E-state index contributed by atoms with van der Waals surface area (Å²) in [6.45, 7) is 4.16. The summed E-state index contributed by atoms with van der Waals surface area (Å²) < 4.78 is 5.42. The van der Waals surface area contributed by atoms with Crippen LogP contribution in [0.15, 0.2) is 54.6 Å². The van der Waals surface area contributed by atoms with E-state index in [0.29, 0.717) is 49.7 Å². The Morgan fingerprint density at radius 3 is 2.35 bits per heavy atom. The van der Waals surface area contributed by atoms with Gasteiger partial charge in [0.2, 0.25) is 5.91 Å². The van der Waals surface area contributed by atoms with Crippen LogP contribution in [0.25, 0.3) is 10.4 Å². The van der Waals surface area contributed by atoms with Gasteiger partial charge in [-0.1, -0.05) is 42.5 Å². The maximum Gasteiger partial charge on any atom is 0.257 e. The first-order valence-electron chi connectivity index (χ1n) is 11.6. The summed E-state index contributed by atoms with van der Waals surface area (Å²) in [7, 11) is 4.01. The van der Waals surface area contributed by atoms with Gasteiger partial charge in [0.1, 0.15) is 5.00 Å². The number of ether oxygens (including phenoxy) is 1. The lowest BCUT2D eigenvalue weighted by Crippen LogP contribution is -2.41.